The van der Waals surface area contributed by atoms with Crippen LogP contribution in [-0.2, 0) is 35.0 Å². The Kier molecular flexibility index (Phi) is 6.56. The van der Waals surface area contributed by atoms with Crippen LogP contribution in [0.15, 0.2) is 43.0 Å². The van der Waals surface area contributed by atoms with Gasteiger partial charge in [0.05, 0.1) is 13.2 Å². The quantitative estimate of drug-likeness (QED) is 0.543. The van der Waals surface area contributed by atoms with Crippen LogP contribution in [-0.4, -0.2) is 54.8 Å². The smallest absolute Gasteiger partial charge is 0.169 e. The molecule has 6 heteroatoms. The fraction of sp³-hybridized carbons (Fsp3) is 0.714. The zero-order valence-corrected chi connectivity index (χ0v) is 20.1. The number of fused-ring (bicyclic) bond motifs is 2. The molecule has 2 heterocycles. The van der Waals surface area contributed by atoms with Gasteiger partial charge in [0.15, 0.2) is 11.6 Å². The van der Waals surface area contributed by atoms with Crippen molar-refractivity contribution in [3.05, 3.63) is 48.6 Å². The van der Waals surface area contributed by atoms with Gasteiger partial charge >= 0.3 is 0 Å². The summed E-state index contributed by atoms with van der Waals surface area (Å²) in [5.41, 5.74) is 1.14. The standard InChI is InChI=1S/C28H38O6/c1-2-18-29-21-23-25(33-27(31-23)14-8-4-9-15-27)22(30-19-20-12-6-3-7-13-20)26-24(21)32-28(34-26)16-10-5-11-17-28/h2-3,6-7,12-13,21-26H,1,4-5,8-11,14-19H2. The zero-order chi connectivity index (χ0) is 23.0. The van der Waals surface area contributed by atoms with Gasteiger partial charge in [0.25, 0.3) is 0 Å². The lowest BCUT2D eigenvalue weighted by Gasteiger charge is -2.42. The van der Waals surface area contributed by atoms with Gasteiger partial charge in [-0.15, -0.1) is 6.58 Å². The van der Waals surface area contributed by atoms with Gasteiger partial charge in [0, 0.05) is 25.7 Å². The molecule has 34 heavy (non-hydrogen) atoms. The highest BCUT2D eigenvalue weighted by Crippen LogP contribution is 2.52. The minimum Gasteiger partial charge on any atom is -0.369 e. The maximum Gasteiger partial charge on any atom is 0.169 e. The number of rotatable bonds is 6. The zero-order valence-electron chi connectivity index (χ0n) is 20.1. The summed E-state index contributed by atoms with van der Waals surface area (Å²) in [5.74, 6) is -1.09. The Morgan fingerprint density at radius 2 is 1.18 bits per heavy atom. The molecule has 5 fully saturated rings. The van der Waals surface area contributed by atoms with Gasteiger partial charge in [-0.1, -0.05) is 49.2 Å². The van der Waals surface area contributed by atoms with Crippen molar-refractivity contribution in [2.75, 3.05) is 6.61 Å². The number of hydrogen-bond donors (Lipinski definition) is 0. The van der Waals surface area contributed by atoms with Crippen molar-refractivity contribution in [3.63, 3.8) is 0 Å². The van der Waals surface area contributed by atoms with Crippen LogP contribution in [0, 0.1) is 0 Å². The molecule has 6 nitrogen and oxygen atoms in total. The van der Waals surface area contributed by atoms with Crippen molar-refractivity contribution in [2.24, 2.45) is 0 Å². The predicted molar refractivity (Wildman–Crippen MR) is 126 cm³/mol. The van der Waals surface area contributed by atoms with Crippen molar-refractivity contribution < 1.29 is 28.4 Å². The Balaban J connectivity index is 1.31. The Morgan fingerprint density at radius 3 is 1.65 bits per heavy atom. The van der Waals surface area contributed by atoms with Gasteiger partial charge < -0.3 is 28.4 Å². The maximum absolute atomic E-state index is 6.80. The van der Waals surface area contributed by atoms with Gasteiger partial charge in [-0.3, -0.25) is 0 Å². The lowest BCUT2D eigenvalue weighted by Crippen LogP contribution is -2.63. The minimum absolute atomic E-state index is 0.248. The van der Waals surface area contributed by atoms with Crippen molar-refractivity contribution in [2.45, 2.75) is 119 Å². The summed E-state index contributed by atoms with van der Waals surface area (Å²) in [4.78, 5) is 0. The Morgan fingerprint density at radius 1 is 0.706 bits per heavy atom. The van der Waals surface area contributed by atoms with Gasteiger partial charge in [-0.05, 0) is 31.2 Å². The fourth-order valence-electron chi connectivity index (χ4n) is 6.68. The summed E-state index contributed by atoms with van der Waals surface area (Å²) >= 11 is 0. The van der Waals surface area contributed by atoms with Crippen molar-refractivity contribution in [1.82, 2.24) is 0 Å². The van der Waals surface area contributed by atoms with Gasteiger partial charge in [0.1, 0.15) is 36.6 Å². The van der Waals surface area contributed by atoms with Crippen LogP contribution in [0.2, 0.25) is 0 Å². The molecule has 186 valence electrons. The van der Waals surface area contributed by atoms with Crippen LogP contribution in [0.1, 0.15) is 69.8 Å². The van der Waals surface area contributed by atoms with Crippen LogP contribution in [0.5, 0.6) is 0 Å². The third-order valence-electron chi connectivity index (χ3n) is 8.27. The van der Waals surface area contributed by atoms with Crippen LogP contribution >= 0.6 is 0 Å². The molecule has 2 aliphatic heterocycles. The van der Waals surface area contributed by atoms with E-state index < -0.39 is 11.6 Å². The maximum atomic E-state index is 6.80. The molecule has 5 aliphatic rings. The molecule has 3 saturated carbocycles. The van der Waals surface area contributed by atoms with E-state index in [1.165, 1.54) is 12.8 Å². The van der Waals surface area contributed by atoms with E-state index >= 15 is 0 Å². The monoisotopic (exact) mass is 470 g/mol. The van der Waals surface area contributed by atoms with Gasteiger partial charge in [0.2, 0.25) is 0 Å². The number of benzene rings is 1. The van der Waals surface area contributed by atoms with E-state index in [-0.39, 0.29) is 36.6 Å². The molecular formula is C28H38O6. The van der Waals surface area contributed by atoms with E-state index in [0.717, 1.165) is 56.9 Å². The topological polar surface area (TPSA) is 55.4 Å². The third-order valence-corrected chi connectivity index (χ3v) is 8.27. The fourth-order valence-corrected chi connectivity index (χ4v) is 6.68. The normalized spacial score (nSPS) is 38.0. The molecule has 4 unspecified atom stereocenters. The molecule has 0 radical (unpaired) electrons. The van der Waals surface area contributed by atoms with E-state index in [0.29, 0.717) is 13.2 Å². The summed E-state index contributed by atoms with van der Waals surface area (Å²) < 4.78 is 40.1. The molecule has 6 rings (SSSR count). The molecule has 4 atom stereocenters. The van der Waals surface area contributed by atoms with Crippen LogP contribution in [0.3, 0.4) is 0 Å². The van der Waals surface area contributed by atoms with Crippen molar-refractivity contribution in [3.8, 4) is 0 Å². The highest BCUT2D eigenvalue weighted by Gasteiger charge is 2.66. The Hall–Kier alpha value is -1.28. The first-order chi connectivity index (χ1) is 16.7. The molecular weight excluding hydrogens is 432 g/mol. The minimum atomic E-state index is -0.543. The molecule has 0 amide bonds. The molecule has 3 aliphatic carbocycles. The first kappa shape index (κ1) is 23.1. The molecule has 2 saturated heterocycles. The van der Waals surface area contributed by atoms with E-state index in [4.69, 9.17) is 28.4 Å². The number of ether oxygens (including phenoxy) is 6. The third kappa shape index (κ3) is 4.27. The summed E-state index contributed by atoms with van der Waals surface area (Å²) in [6.07, 6.45) is 10.9. The van der Waals surface area contributed by atoms with Crippen LogP contribution in [0.4, 0.5) is 0 Å². The van der Waals surface area contributed by atoms with Crippen molar-refractivity contribution in [1.29, 1.82) is 0 Å². The summed E-state index contributed by atoms with van der Waals surface area (Å²) in [6.45, 7) is 4.81. The largest absolute Gasteiger partial charge is 0.369 e. The molecule has 0 bridgehead atoms. The van der Waals surface area contributed by atoms with Gasteiger partial charge in [-0.25, -0.2) is 0 Å². The Bertz CT molecular complexity index is 789. The summed E-state index contributed by atoms with van der Waals surface area (Å²) in [7, 11) is 0. The summed E-state index contributed by atoms with van der Waals surface area (Å²) in [5, 5.41) is 0. The second kappa shape index (κ2) is 9.64. The SMILES string of the molecule is C=CCOC1C2OC3(CCCCC3)OC2C(OCc2ccccc2)C2OC3(CCCCC3)OC12. The first-order valence-electron chi connectivity index (χ1n) is 13.3. The molecule has 0 N–H and O–H groups in total. The average Bonchev–Trinajstić information content (AvgIpc) is 3.41. The second-order valence-corrected chi connectivity index (χ2v) is 10.6. The Labute approximate surface area is 202 Å². The van der Waals surface area contributed by atoms with E-state index in [9.17, 15) is 0 Å². The summed E-state index contributed by atoms with van der Waals surface area (Å²) in [6, 6.07) is 10.3. The highest BCUT2D eigenvalue weighted by atomic mass is 16.8. The van der Waals surface area contributed by atoms with Gasteiger partial charge in [-0.2, -0.15) is 0 Å². The lowest BCUT2D eigenvalue weighted by molar-refractivity contribution is -0.228. The van der Waals surface area contributed by atoms with E-state index in [2.05, 4.69) is 18.7 Å². The van der Waals surface area contributed by atoms with Crippen molar-refractivity contribution >= 4 is 0 Å². The first-order valence-corrected chi connectivity index (χ1v) is 13.3. The molecule has 1 aromatic carbocycles. The number of hydrogen-bond acceptors (Lipinski definition) is 6. The molecule has 2 spiro atoms. The average molecular weight is 471 g/mol. The second-order valence-electron chi connectivity index (χ2n) is 10.6. The van der Waals surface area contributed by atoms with E-state index in [1.807, 2.05) is 18.2 Å². The molecule has 0 aromatic heterocycles. The van der Waals surface area contributed by atoms with Crippen LogP contribution in [0.25, 0.3) is 0 Å². The predicted octanol–water partition coefficient (Wildman–Crippen LogP) is 5.05. The highest BCUT2D eigenvalue weighted by molar-refractivity contribution is 5.15. The lowest BCUT2D eigenvalue weighted by atomic mass is 9.84. The molecule has 1 aromatic rings. The van der Waals surface area contributed by atoms with E-state index in [1.54, 1.807) is 6.08 Å². The van der Waals surface area contributed by atoms with Crippen LogP contribution < -0.4 is 0 Å².